The van der Waals surface area contributed by atoms with E-state index in [1.54, 1.807) is 6.07 Å². The highest BCUT2D eigenvalue weighted by molar-refractivity contribution is 5.37. The summed E-state index contributed by atoms with van der Waals surface area (Å²) in [5.74, 6) is 0.446. The van der Waals surface area contributed by atoms with Gasteiger partial charge in [-0.25, -0.2) is 0 Å². The van der Waals surface area contributed by atoms with Crippen LogP contribution in [0.25, 0.3) is 0 Å². The number of hydrogen-bond acceptors (Lipinski definition) is 1. The van der Waals surface area contributed by atoms with Crippen LogP contribution in [0.5, 0.6) is 5.75 Å². The SMILES string of the molecule is CCCCCCCCCCCCCCCC(C)(C)c1ccccc1O. The quantitative estimate of drug-likeness (QED) is 0.318. The van der Waals surface area contributed by atoms with E-state index < -0.39 is 0 Å². The zero-order valence-corrected chi connectivity index (χ0v) is 17.2. The van der Waals surface area contributed by atoms with Crippen molar-refractivity contribution >= 4 is 0 Å². The van der Waals surface area contributed by atoms with E-state index >= 15 is 0 Å². The van der Waals surface area contributed by atoms with Gasteiger partial charge in [0, 0.05) is 0 Å². The fourth-order valence-electron chi connectivity index (χ4n) is 3.77. The molecule has 0 heterocycles. The highest BCUT2D eigenvalue weighted by atomic mass is 16.3. The number of hydrogen-bond donors (Lipinski definition) is 1. The zero-order chi connectivity index (χ0) is 18.4. The molecule has 144 valence electrons. The molecule has 0 unspecified atom stereocenters. The van der Waals surface area contributed by atoms with Gasteiger partial charge in [-0.2, -0.15) is 0 Å². The topological polar surface area (TPSA) is 20.2 Å². The highest BCUT2D eigenvalue weighted by Gasteiger charge is 2.22. The molecule has 1 rings (SSSR count). The molecule has 1 aromatic carbocycles. The lowest BCUT2D eigenvalue weighted by Gasteiger charge is -2.26. The van der Waals surface area contributed by atoms with Gasteiger partial charge in [0.05, 0.1) is 0 Å². The normalized spacial score (nSPS) is 11.8. The first kappa shape index (κ1) is 22.1. The summed E-state index contributed by atoms with van der Waals surface area (Å²) in [7, 11) is 0. The Morgan fingerprint density at radius 2 is 1.12 bits per heavy atom. The first-order chi connectivity index (χ1) is 12.1. The summed E-state index contributed by atoms with van der Waals surface area (Å²) >= 11 is 0. The minimum absolute atomic E-state index is 0.0725. The van der Waals surface area contributed by atoms with Crippen LogP contribution in [-0.4, -0.2) is 5.11 Å². The van der Waals surface area contributed by atoms with Crippen LogP contribution in [0.1, 0.15) is 116 Å². The predicted molar refractivity (Wildman–Crippen MR) is 111 cm³/mol. The van der Waals surface area contributed by atoms with Crippen LogP contribution in [0, 0.1) is 0 Å². The van der Waals surface area contributed by atoms with E-state index in [1.165, 1.54) is 83.5 Å². The number of para-hydroxylation sites is 1. The third-order valence-electron chi connectivity index (χ3n) is 5.54. The van der Waals surface area contributed by atoms with Crippen molar-refractivity contribution in [2.75, 3.05) is 0 Å². The summed E-state index contributed by atoms with van der Waals surface area (Å²) in [6.45, 7) is 6.79. The number of rotatable bonds is 15. The molecule has 0 aliphatic carbocycles. The maximum Gasteiger partial charge on any atom is 0.119 e. The molecule has 0 spiro atoms. The molecule has 25 heavy (non-hydrogen) atoms. The number of benzene rings is 1. The van der Waals surface area contributed by atoms with Gasteiger partial charge in [0.25, 0.3) is 0 Å². The van der Waals surface area contributed by atoms with Crippen molar-refractivity contribution in [1.29, 1.82) is 0 Å². The van der Waals surface area contributed by atoms with Gasteiger partial charge < -0.3 is 5.11 Å². The van der Waals surface area contributed by atoms with Gasteiger partial charge in [-0.15, -0.1) is 0 Å². The number of aromatic hydroxyl groups is 1. The van der Waals surface area contributed by atoms with Crippen molar-refractivity contribution in [1.82, 2.24) is 0 Å². The molecule has 1 N–H and O–H groups in total. The second kappa shape index (κ2) is 13.3. The van der Waals surface area contributed by atoms with Gasteiger partial charge >= 0.3 is 0 Å². The van der Waals surface area contributed by atoms with Crippen molar-refractivity contribution in [3.8, 4) is 5.75 Å². The Hall–Kier alpha value is -0.980. The van der Waals surface area contributed by atoms with Crippen molar-refractivity contribution in [3.05, 3.63) is 29.8 Å². The van der Waals surface area contributed by atoms with Crippen LogP contribution < -0.4 is 0 Å². The van der Waals surface area contributed by atoms with E-state index in [-0.39, 0.29) is 5.41 Å². The van der Waals surface area contributed by atoms with Crippen molar-refractivity contribution in [2.45, 2.75) is 116 Å². The van der Waals surface area contributed by atoms with Crippen LogP contribution in [0.2, 0.25) is 0 Å². The summed E-state index contributed by atoms with van der Waals surface area (Å²) in [5.41, 5.74) is 1.16. The van der Waals surface area contributed by atoms with E-state index in [2.05, 4.69) is 26.8 Å². The molecule has 0 radical (unpaired) electrons. The third-order valence-corrected chi connectivity index (χ3v) is 5.54. The molecule has 0 bridgehead atoms. The molecule has 1 nitrogen and oxygen atoms in total. The van der Waals surface area contributed by atoms with E-state index in [0.717, 1.165) is 12.0 Å². The Morgan fingerprint density at radius 3 is 1.60 bits per heavy atom. The molecule has 1 aromatic rings. The Balaban J connectivity index is 1.97. The molecular weight excluding hydrogens is 304 g/mol. The van der Waals surface area contributed by atoms with Crippen LogP contribution >= 0.6 is 0 Å². The van der Waals surface area contributed by atoms with Gasteiger partial charge in [-0.1, -0.05) is 122 Å². The molecule has 0 amide bonds. The predicted octanol–water partition coefficient (Wildman–Crippen LogP) is 8.15. The van der Waals surface area contributed by atoms with Crippen molar-refractivity contribution in [2.24, 2.45) is 0 Å². The molecule has 0 saturated carbocycles. The summed E-state index contributed by atoms with van der Waals surface area (Å²) in [6.07, 6.45) is 19.3. The molecule has 0 aliphatic heterocycles. The standard InChI is InChI=1S/C24H42O/c1-4-5-6-7-8-9-10-11-12-13-14-15-18-21-24(2,3)22-19-16-17-20-23(22)25/h16-17,19-20,25H,4-15,18,21H2,1-3H3. The van der Waals surface area contributed by atoms with Crippen LogP contribution in [0.15, 0.2) is 24.3 Å². The van der Waals surface area contributed by atoms with Gasteiger partial charge in [0.15, 0.2) is 0 Å². The summed E-state index contributed by atoms with van der Waals surface area (Å²) in [4.78, 5) is 0. The molecule has 0 saturated heterocycles. The molecule has 0 aliphatic rings. The fraction of sp³-hybridized carbons (Fsp3) is 0.750. The highest BCUT2D eigenvalue weighted by Crippen LogP contribution is 2.34. The second-order valence-electron chi connectivity index (χ2n) is 8.39. The molecular formula is C24H42O. The zero-order valence-electron chi connectivity index (χ0n) is 17.2. The van der Waals surface area contributed by atoms with Crippen LogP contribution in [0.4, 0.5) is 0 Å². The summed E-state index contributed by atoms with van der Waals surface area (Å²) in [6, 6.07) is 7.80. The van der Waals surface area contributed by atoms with Gasteiger partial charge in [0.1, 0.15) is 5.75 Å². The lowest BCUT2D eigenvalue weighted by molar-refractivity contribution is 0.404. The number of phenols is 1. The van der Waals surface area contributed by atoms with Crippen LogP contribution in [0.3, 0.4) is 0 Å². The Bertz CT molecular complexity index is 435. The maximum atomic E-state index is 10.0. The number of phenolic OH excluding ortho intramolecular Hbond substituents is 1. The minimum atomic E-state index is 0.0725. The van der Waals surface area contributed by atoms with Crippen LogP contribution in [-0.2, 0) is 5.41 Å². The van der Waals surface area contributed by atoms with E-state index in [9.17, 15) is 5.11 Å². The minimum Gasteiger partial charge on any atom is -0.508 e. The molecule has 0 atom stereocenters. The van der Waals surface area contributed by atoms with Crippen molar-refractivity contribution < 1.29 is 5.11 Å². The van der Waals surface area contributed by atoms with E-state index in [1.807, 2.05) is 12.1 Å². The summed E-state index contributed by atoms with van der Waals surface area (Å²) in [5, 5.41) is 10.0. The summed E-state index contributed by atoms with van der Waals surface area (Å²) < 4.78 is 0. The van der Waals surface area contributed by atoms with Gasteiger partial charge in [-0.3, -0.25) is 0 Å². The lowest BCUT2D eigenvalue weighted by atomic mass is 9.79. The average molecular weight is 347 g/mol. The lowest BCUT2D eigenvalue weighted by Crippen LogP contribution is -2.17. The Labute approximate surface area is 157 Å². The fourth-order valence-corrected chi connectivity index (χ4v) is 3.77. The average Bonchev–Trinajstić information content (AvgIpc) is 2.59. The van der Waals surface area contributed by atoms with E-state index in [4.69, 9.17) is 0 Å². The largest absolute Gasteiger partial charge is 0.508 e. The first-order valence-electron chi connectivity index (χ1n) is 10.9. The molecule has 1 heteroatoms. The Morgan fingerprint density at radius 1 is 0.680 bits per heavy atom. The van der Waals surface area contributed by atoms with Crippen molar-refractivity contribution in [3.63, 3.8) is 0 Å². The molecule has 0 fully saturated rings. The maximum absolute atomic E-state index is 10.0. The first-order valence-corrected chi connectivity index (χ1v) is 10.9. The van der Waals surface area contributed by atoms with E-state index in [0.29, 0.717) is 5.75 Å². The number of unbranched alkanes of at least 4 members (excludes halogenated alkanes) is 12. The monoisotopic (exact) mass is 346 g/mol. The molecule has 0 aromatic heterocycles. The Kier molecular flexibility index (Phi) is 11.7. The third kappa shape index (κ3) is 9.92. The van der Waals surface area contributed by atoms with Gasteiger partial charge in [0.2, 0.25) is 0 Å². The van der Waals surface area contributed by atoms with Gasteiger partial charge in [-0.05, 0) is 23.5 Å². The smallest absolute Gasteiger partial charge is 0.119 e. The second-order valence-corrected chi connectivity index (χ2v) is 8.39.